The van der Waals surface area contributed by atoms with E-state index in [-0.39, 0.29) is 17.7 Å². The molecular formula is C35H48N4O4. The fraction of sp³-hybridized carbons (Fsp3) is 0.571. The molecule has 1 spiro atoms. The van der Waals surface area contributed by atoms with Gasteiger partial charge < -0.3 is 20.2 Å². The van der Waals surface area contributed by atoms with E-state index in [2.05, 4.69) is 46.6 Å². The van der Waals surface area contributed by atoms with Crippen molar-refractivity contribution in [2.45, 2.75) is 95.9 Å². The number of hydrogen-bond acceptors (Lipinski definition) is 6. The van der Waals surface area contributed by atoms with Crippen LogP contribution in [0.2, 0.25) is 0 Å². The Kier molecular flexibility index (Phi) is 10.5. The molecule has 0 radical (unpaired) electrons. The van der Waals surface area contributed by atoms with Crippen molar-refractivity contribution in [3.05, 3.63) is 71.3 Å². The van der Waals surface area contributed by atoms with Crippen LogP contribution in [0.1, 0.15) is 88.3 Å². The summed E-state index contributed by atoms with van der Waals surface area (Å²) in [4.78, 5) is 37.3. The number of likely N-dealkylation sites (tertiary alicyclic amines) is 1. The van der Waals surface area contributed by atoms with Crippen LogP contribution in [-0.2, 0) is 21.0 Å². The first kappa shape index (κ1) is 31.2. The Morgan fingerprint density at radius 1 is 1.00 bits per heavy atom. The third-order valence-corrected chi connectivity index (χ3v) is 9.62. The number of unbranched alkanes of at least 4 members (excludes halogenated alkanes) is 1. The normalized spacial score (nSPS) is 22.4. The van der Waals surface area contributed by atoms with Gasteiger partial charge in [-0.2, -0.15) is 0 Å². The van der Waals surface area contributed by atoms with Gasteiger partial charge in [0.05, 0.1) is 6.10 Å². The molecule has 2 saturated heterocycles. The van der Waals surface area contributed by atoms with E-state index < -0.39 is 17.7 Å². The molecule has 2 N–H and O–H groups in total. The molecule has 0 unspecified atom stereocenters. The molecule has 2 aromatic carbocycles. The monoisotopic (exact) mass is 588 g/mol. The quantitative estimate of drug-likeness (QED) is 0.288. The minimum absolute atomic E-state index is 0.0764. The highest BCUT2D eigenvalue weighted by Crippen LogP contribution is 2.36. The molecule has 0 bridgehead atoms. The number of aliphatic hydroxyl groups excluding tert-OH is 1. The third kappa shape index (κ3) is 6.96. The van der Waals surface area contributed by atoms with Crippen molar-refractivity contribution in [3.63, 3.8) is 0 Å². The molecule has 1 saturated carbocycles. The van der Waals surface area contributed by atoms with Crippen LogP contribution in [0.3, 0.4) is 0 Å². The number of carbonyl (C=O) groups excluding carboxylic acids is 2. The van der Waals surface area contributed by atoms with E-state index >= 15 is 0 Å². The lowest BCUT2D eigenvalue weighted by molar-refractivity contribution is -0.166. The zero-order chi connectivity index (χ0) is 30.2. The maximum atomic E-state index is 13.9. The van der Waals surface area contributed by atoms with Crippen LogP contribution in [-0.4, -0.2) is 76.4 Å². The van der Waals surface area contributed by atoms with Gasteiger partial charge in [0.1, 0.15) is 23.9 Å². The summed E-state index contributed by atoms with van der Waals surface area (Å²) < 4.78 is 0. The van der Waals surface area contributed by atoms with Crippen molar-refractivity contribution >= 4 is 17.5 Å². The van der Waals surface area contributed by atoms with Gasteiger partial charge >= 0.3 is 0 Å². The maximum absolute atomic E-state index is 13.9. The molecule has 2 heterocycles. The molecule has 2 atom stereocenters. The minimum atomic E-state index is -0.838. The average molecular weight is 589 g/mol. The molecule has 3 aliphatic rings. The van der Waals surface area contributed by atoms with Crippen molar-refractivity contribution < 1.29 is 19.5 Å². The highest BCUT2D eigenvalue weighted by atomic mass is 16.6. The summed E-state index contributed by atoms with van der Waals surface area (Å²) in [6.45, 7) is 7.32. The molecule has 1 aliphatic carbocycles. The van der Waals surface area contributed by atoms with Gasteiger partial charge in [0, 0.05) is 37.3 Å². The van der Waals surface area contributed by atoms with Crippen LogP contribution in [0, 0.1) is 5.92 Å². The predicted molar refractivity (Wildman–Crippen MR) is 169 cm³/mol. The Labute approximate surface area is 256 Å². The Balaban J connectivity index is 1.25. The van der Waals surface area contributed by atoms with Crippen LogP contribution in [0.4, 0.5) is 0 Å². The lowest BCUT2D eigenvalue weighted by Crippen LogP contribution is -2.75. The van der Waals surface area contributed by atoms with Crippen LogP contribution in [0.25, 0.3) is 0 Å². The number of nitrogens with one attached hydrogen (secondary N) is 1. The molecule has 232 valence electrons. The number of hydrogen-bond donors (Lipinski definition) is 2. The average Bonchev–Trinajstić information content (AvgIpc) is 3.05. The number of carbonyl (C=O) groups is 2. The van der Waals surface area contributed by atoms with E-state index in [0.29, 0.717) is 26.0 Å². The van der Waals surface area contributed by atoms with Gasteiger partial charge in [-0.15, -0.1) is 0 Å². The minimum Gasteiger partial charge on any atom is -0.396 e. The summed E-state index contributed by atoms with van der Waals surface area (Å²) in [6, 6.07) is 17.6. The van der Waals surface area contributed by atoms with E-state index in [0.717, 1.165) is 75.0 Å². The fourth-order valence-electron chi connectivity index (χ4n) is 7.06. The highest BCUT2D eigenvalue weighted by Gasteiger charge is 2.55. The molecule has 8 nitrogen and oxygen atoms in total. The molecule has 43 heavy (non-hydrogen) atoms. The van der Waals surface area contributed by atoms with Gasteiger partial charge in [-0.1, -0.05) is 92.4 Å². The van der Waals surface area contributed by atoms with E-state index in [1.807, 2.05) is 42.2 Å². The molecule has 5 rings (SSSR count). The molecule has 0 aromatic heterocycles. The number of amides is 2. The summed E-state index contributed by atoms with van der Waals surface area (Å²) >= 11 is 0. The second-order valence-electron chi connectivity index (χ2n) is 12.4. The smallest absolute Gasteiger partial charge is 0.248 e. The fourth-order valence-corrected chi connectivity index (χ4v) is 7.06. The molecule has 2 aromatic rings. The second kappa shape index (κ2) is 14.5. The van der Waals surface area contributed by atoms with Crippen molar-refractivity contribution in [2.24, 2.45) is 11.1 Å². The largest absolute Gasteiger partial charge is 0.396 e. The predicted octanol–water partition coefficient (Wildman–Crippen LogP) is 4.88. The number of piperazine rings is 1. The lowest BCUT2D eigenvalue weighted by Gasteiger charge is -2.52. The van der Waals surface area contributed by atoms with Crippen molar-refractivity contribution in [1.29, 1.82) is 0 Å². The van der Waals surface area contributed by atoms with E-state index in [1.54, 1.807) is 0 Å². The highest BCUT2D eigenvalue weighted by molar-refractivity contribution is 6.12. The maximum Gasteiger partial charge on any atom is 0.248 e. The Morgan fingerprint density at radius 2 is 1.67 bits per heavy atom. The molecular weight excluding hydrogens is 540 g/mol. The summed E-state index contributed by atoms with van der Waals surface area (Å²) in [5.41, 5.74) is 3.16. The zero-order valence-electron chi connectivity index (χ0n) is 25.8. The van der Waals surface area contributed by atoms with Crippen LogP contribution in [0.5, 0.6) is 0 Å². The summed E-state index contributed by atoms with van der Waals surface area (Å²) in [6.07, 6.45) is 7.34. The Hall–Kier alpha value is -3.23. The molecule has 2 aliphatic heterocycles. The van der Waals surface area contributed by atoms with Crippen LogP contribution >= 0.6 is 0 Å². The van der Waals surface area contributed by atoms with Crippen molar-refractivity contribution in [1.82, 2.24) is 15.1 Å². The Morgan fingerprint density at radius 3 is 2.33 bits per heavy atom. The van der Waals surface area contributed by atoms with Crippen molar-refractivity contribution in [3.8, 4) is 0 Å². The number of oxime groups is 1. The van der Waals surface area contributed by atoms with Crippen molar-refractivity contribution in [2.75, 3.05) is 26.2 Å². The van der Waals surface area contributed by atoms with Crippen LogP contribution < -0.4 is 5.32 Å². The summed E-state index contributed by atoms with van der Waals surface area (Å²) in [7, 11) is 0. The van der Waals surface area contributed by atoms with Gasteiger partial charge in [-0.05, 0) is 50.5 Å². The SMILES string of the molecule is CCCCN1C(=O)[C@@H]([C@H](O)C2CCCCC2)NC(=O)C12CCN(Cc1ccc(/C(=N/OCC)c3ccccc3)cc1)CC2. The zero-order valence-corrected chi connectivity index (χ0v) is 25.8. The van der Waals surface area contributed by atoms with E-state index in [9.17, 15) is 14.7 Å². The number of aliphatic hydroxyl groups is 1. The molecule has 2 amide bonds. The van der Waals surface area contributed by atoms with Crippen LogP contribution in [0.15, 0.2) is 59.8 Å². The Bertz CT molecular complexity index is 1230. The van der Waals surface area contributed by atoms with Gasteiger partial charge in [-0.3, -0.25) is 14.5 Å². The topological polar surface area (TPSA) is 94.5 Å². The molecule has 3 fully saturated rings. The number of piperidine rings is 1. The standard InChI is InChI=1S/C35H48N4O4/c1-3-5-22-39-33(41)31(32(40)29-14-10-7-11-15-29)36-34(42)35(39)20-23-38(24-21-35)25-26-16-18-28(19-17-26)30(37-43-4-2)27-12-8-6-9-13-27/h6,8-9,12-13,16-19,29,31-32,40H,3-5,7,10-11,14-15,20-25H2,1-2H3,(H,36,42)/b37-30+/t31-,32-/m1/s1. The first-order chi connectivity index (χ1) is 21.0. The van der Waals surface area contributed by atoms with Gasteiger partial charge in [0.15, 0.2) is 0 Å². The van der Waals surface area contributed by atoms with Gasteiger partial charge in [0.2, 0.25) is 11.8 Å². The number of rotatable bonds is 11. The molecule has 8 heteroatoms. The lowest BCUT2D eigenvalue weighted by atomic mass is 9.78. The number of nitrogens with zero attached hydrogens (tertiary/aromatic N) is 3. The van der Waals surface area contributed by atoms with E-state index in [4.69, 9.17) is 4.84 Å². The third-order valence-electron chi connectivity index (χ3n) is 9.62. The number of benzene rings is 2. The first-order valence-corrected chi connectivity index (χ1v) is 16.3. The first-order valence-electron chi connectivity index (χ1n) is 16.3. The second-order valence-corrected chi connectivity index (χ2v) is 12.4. The van der Waals surface area contributed by atoms with Gasteiger partial charge in [-0.25, -0.2) is 0 Å². The summed E-state index contributed by atoms with van der Waals surface area (Å²) in [5.74, 6) is -0.111. The summed E-state index contributed by atoms with van der Waals surface area (Å²) in [5, 5.41) is 18.6. The van der Waals surface area contributed by atoms with E-state index in [1.165, 1.54) is 12.0 Å². The van der Waals surface area contributed by atoms with Gasteiger partial charge in [0.25, 0.3) is 0 Å².